The number of nitrogens with zero attached hydrogens (tertiary/aromatic N) is 2. The van der Waals surface area contributed by atoms with Crippen LogP contribution in [0.5, 0.6) is 0 Å². The van der Waals surface area contributed by atoms with Gasteiger partial charge in [-0.1, -0.05) is 12.1 Å². The molecule has 1 aliphatic rings. The van der Waals surface area contributed by atoms with E-state index in [0.717, 1.165) is 25.1 Å². The van der Waals surface area contributed by atoms with E-state index in [2.05, 4.69) is 10.4 Å². The van der Waals surface area contributed by atoms with Crippen molar-refractivity contribution in [3.8, 4) is 0 Å². The van der Waals surface area contributed by atoms with E-state index in [-0.39, 0.29) is 0 Å². The SMILES string of the molecule is O=C(O)c1ccc(Cn2ncc3c2CCNC3)cc1. The van der Waals surface area contributed by atoms with E-state index in [1.54, 1.807) is 12.1 Å². The first kappa shape index (κ1) is 11.9. The minimum atomic E-state index is -0.894. The maximum atomic E-state index is 10.8. The molecule has 3 rings (SSSR count). The van der Waals surface area contributed by atoms with Crippen LogP contribution in [0.25, 0.3) is 0 Å². The number of hydrogen-bond donors (Lipinski definition) is 2. The molecule has 0 atom stereocenters. The van der Waals surface area contributed by atoms with Crippen molar-refractivity contribution in [3.05, 3.63) is 52.8 Å². The number of carbonyl (C=O) groups is 1. The van der Waals surface area contributed by atoms with Crippen LogP contribution in [0.1, 0.15) is 27.2 Å². The van der Waals surface area contributed by atoms with Crippen molar-refractivity contribution in [2.24, 2.45) is 0 Å². The lowest BCUT2D eigenvalue weighted by Gasteiger charge is -2.15. The predicted molar refractivity (Wildman–Crippen MR) is 70.1 cm³/mol. The van der Waals surface area contributed by atoms with Crippen LogP contribution >= 0.6 is 0 Å². The molecule has 19 heavy (non-hydrogen) atoms. The summed E-state index contributed by atoms with van der Waals surface area (Å²) >= 11 is 0. The smallest absolute Gasteiger partial charge is 0.335 e. The number of aromatic nitrogens is 2. The first-order chi connectivity index (χ1) is 9.24. The monoisotopic (exact) mass is 257 g/mol. The van der Waals surface area contributed by atoms with Crippen LogP contribution < -0.4 is 5.32 Å². The minimum absolute atomic E-state index is 0.315. The van der Waals surface area contributed by atoms with Gasteiger partial charge in [-0.05, 0) is 17.7 Å². The van der Waals surface area contributed by atoms with Gasteiger partial charge in [0.1, 0.15) is 0 Å². The summed E-state index contributed by atoms with van der Waals surface area (Å²) in [5.74, 6) is -0.894. The molecule has 1 aromatic heterocycles. The largest absolute Gasteiger partial charge is 0.478 e. The average molecular weight is 257 g/mol. The van der Waals surface area contributed by atoms with E-state index < -0.39 is 5.97 Å². The van der Waals surface area contributed by atoms with Gasteiger partial charge in [0.25, 0.3) is 0 Å². The Morgan fingerprint density at radius 1 is 1.37 bits per heavy atom. The molecule has 0 saturated carbocycles. The molecule has 0 aliphatic carbocycles. The number of nitrogens with one attached hydrogen (secondary N) is 1. The van der Waals surface area contributed by atoms with Gasteiger partial charge < -0.3 is 10.4 Å². The van der Waals surface area contributed by atoms with Crippen LogP contribution in [0.4, 0.5) is 0 Å². The fourth-order valence-corrected chi connectivity index (χ4v) is 2.38. The number of carboxylic acids is 1. The topological polar surface area (TPSA) is 67.1 Å². The van der Waals surface area contributed by atoms with E-state index in [9.17, 15) is 4.79 Å². The van der Waals surface area contributed by atoms with Gasteiger partial charge in [-0.3, -0.25) is 4.68 Å². The summed E-state index contributed by atoms with van der Waals surface area (Å²) in [4.78, 5) is 10.8. The molecule has 0 radical (unpaired) electrons. The van der Waals surface area contributed by atoms with Gasteiger partial charge >= 0.3 is 5.97 Å². The first-order valence-electron chi connectivity index (χ1n) is 6.30. The molecule has 2 N–H and O–H groups in total. The van der Waals surface area contributed by atoms with Gasteiger partial charge in [0, 0.05) is 30.8 Å². The fourth-order valence-electron chi connectivity index (χ4n) is 2.38. The highest BCUT2D eigenvalue weighted by Crippen LogP contribution is 2.15. The third kappa shape index (κ3) is 2.37. The molecular weight excluding hydrogens is 242 g/mol. The molecule has 0 spiro atoms. The van der Waals surface area contributed by atoms with E-state index in [4.69, 9.17) is 5.11 Å². The molecule has 0 amide bonds. The molecular formula is C14H15N3O2. The Balaban J connectivity index is 1.81. The molecule has 0 saturated heterocycles. The summed E-state index contributed by atoms with van der Waals surface area (Å²) in [7, 11) is 0. The van der Waals surface area contributed by atoms with Gasteiger partial charge in [-0.25, -0.2) is 4.79 Å². The first-order valence-corrected chi connectivity index (χ1v) is 6.30. The Hall–Kier alpha value is -2.14. The maximum absolute atomic E-state index is 10.8. The zero-order valence-electron chi connectivity index (χ0n) is 10.5. The fraction of sp³-hybridized carbons (Fsp3) is 0.286. The number of rotatable bonds is 3. The zero-order valence-corrected chi connectivity index (χ0v) is 10.5. The Morgan fingerprint density at radius 2 is 2.16 bits per heavy atom. The molecule has 5 heteroatoms. The van der Waals surface area contributed by atoms with Crippen molar-refractivity contribution in [1.82, 2.24) is 15.1 Å². The minimum Gasteiger partial charge on any atom is -0.478 e. The number of aromatic carboxylic acids is 1. The van der Waals surface area contributed by atoms with Crippen LogP contribution in [0.3, 0.4) is 0 Å². The highest BCUT2D eigenvalue weighted by atomic mass is 16.4. The number of hydrogen-bond acceptors (Lipinski definition) is 3. The Kier molecular flexibility index (Phi) is 3.05. The molecule has 2 aromatic rings. The van der Waals surface area contributed by atoms with E-state index in [1.807, 2.05) is 23.0 Å². The second kappa shape index (κ2) is 4.85. The summed E-state index contributed by atoms with van der Waals surface area (Å²) in [5, 5.41) is 16.6. The second-order valence-electron chi connectivity index (χ2n) is 4.70. The van der Waals surface area contributed by atoms with Crippen molar-refractivity contribution in [3.63, 3.8) is 0 Å². The lowest BCUT2D eigenvalue weighted by molar-refractivity contribution is 0.0697. The van der Waals surface area contributed by atoms with Crippen LogP contribution in [0.2, 0.25) is 0 Å². The van der Waals surface area contributed by atoms with Gasteiger partial charge in [0.2, 0.25) is 0 Å². The van der Waals surface area contributed by atoms with Crippen molar-refractivity contribution < 1.29 is 9.90 Å². The zero-order chi connectivity index (χ0) is 13.2. The van der Waals surface area contributed by atoms with Gasteiger partial charge in [0.15, 0.2) is 0 Å². The lowest BCUT2D eigenvalue weighted by atomic mass is 10.1. The van der Waals surface area contributed by atoms with Gasteiger partial charge in [-0.2, -0.15) is 5.10 Å². The van der Waals surface area contributed by atoms with Crippen molar-refractivity contribution in [2.45, 2.75) is 19.5 Å². The van der Waals surface area contributed by atoms with Gasteiger partial charge in [0.05, 0.1) is 18.3 Å². The highest BCUT2D eigenvalue weighted by molar-refractivity contribution is 5.87. The molecule has 5 nitrogen and oxygen atoms in total. The summed E-state index contributed by atoms with van der Waals surface area (Å²) in [6, 6.07) is 6.96. The van der Waals surface area contributed by atoms with Crippen molar-refractivity contribution in [1.29, 1.82) is 0 Å². The standard InChI is InChI=1S/C14H15N3O2/c18-14(19)11-3-1-10(2-4-11)9-17-13-5-6-15-7-12(13)8-16-17/h1-4,8,15H,5-7,9H2,(H,18,19). The van der Waals surface area contributed by atoms with E-state index >= 15 is 0 Å². The molecule has 98 valence electrons. The summed E-state index contributed by atoms with van der Waals surface area (Å²) in [6.45, 7) is 2.55. The molecule has 0 bridgehead atoms. The van der Waals surface area contributed by atoms with Crippen LogP contribution in [-0.4, -0.2) is 27.4 Å². The third-order valence-electron chi connectivity index (χ3n) is 3.42. The van der Waals surface area contributed by atoms with Crippen LogP contribution in [-0.2, 0) is 19.5 Å². The normalized spacial score (nSPS) is 14.1. The number of benzene rings is 1. The Morgan fingerprint density at radius 3 is 2.89 bits per heavy atom. The van der Waals surface area contributed by atoms with Crippen LogP contribution in [0.15, 0.2) is 30.5 Å². The number of carboxylic acid groups (broad SMARTS) is 1. The molecule has 2 heterocycles. The summed E-state index contributed by atoms with van der Waals surface area (Å²) < 4.78 is 2.01. The molecule has 1 aliphatic heterocycles. The molecule has 0 fully saturated rings. The Bertz CT molecular complexity index is 602. The lowest BCUT2D eigenvalue weighted by Crippen LogP contribution is -2.24. The molecule has 0 unspecified atom stereocenters. The van der Waals surface area contributed by atoms with Crippen molar-refractivity contribution >= 4 is 5.97 Å². The number of fused-ring (bicyclic) bond motifs is 1. The van der Waals surface area contributed by atoms with Crippen LogP contribution in [0, 0.1) is 0 Å². The summed E-state index contributed by atoms with van der Waals surface area (Å²) in [5.41, 5.74) is 3.92. The third-order valence-corrected chi connectivity index (χ3v) is 3.42. The van der Waals surface area contributed by atoms with E-state index in [0.29, 0.717) is 12.1 Å². The highest BCUT2D eigenvalue weighted by Gasteiger charge is 2.14. The summed E-state index contributed by atoms with van der Waals surface area (Å²) in [6.07, 6.45) is 2.90. The van der Waals surface area contributed by atoms with Gasteiger partial charge in [-0.15, -0.1) is 0 Å². The van der Waals surface area contributed by atoms with Crippen molar-refractivity contribution in [2.75, 3.05) is 6.54 Å². The quantitative estimate of drug-likeness (QED) is 0.869. The second-order valence-corrected chi connectivity index (χ2v) is 4.70. The van der Waals surface area contributed by atoms with E-state index in [1.165, 1.54) is 11.3 Å². The average Bonchev–Trinajstić information content (AvgIpc) is 2.83. The Labute approximate surface area is 110 Å². The maximum Gasteiger partial charge on any atom is 0.335 e. The molecule has 1 aromatic carbocycles. The predicted octanol–water partition coefficient (Wildman–Crippen LogP) is 1.28.